The molecule has 0 radical (unpaired) electrons. The molecule has 4 rings (SSSR count). The van der Waals surface area contributed by atoms with Gasteiger partial charge >= 0.3 is 0 Å². The number of ether oxygens (including phenoxy) is 5. The predicted octanol–water partition coefficient (Wildman–Crippen LogP) is 3.83. The van der Waals surface area contributed by atoms with E-state index in [0.29, 0.717) is 48.9 Å². The molecule has 40 heavy (non-hydrogen) atoms. The van der Waals surface area contributed by atoms with Crippen molar-refractivity contribution < 1.29 is 33.3 Å². The molecule has 0 aromatic heterocycles. The number of carbonyl (C=O) groups is 2. The second-order valence-corrected chi connectivity index (χ2v) is 9.46. The Morgan fingerprint density at radius 1 is 0.825 bits per heavy atom. The number of amides is 2. The van der Waals surface area contributed by atoms with Crippen LogP contribution in [-0.2, 0) is 22.6 Å². The van der Waals surface area contributed by atoms with Crippen LogP contribution in [0, 0.1) is 0 Å². The molecule has 1 saturated heterocycles. The summed E-state index contributed by atoms with van der Waals surface area (Å²) in [5, 5.41) is 0. The van der Waals surface area contributed by atoms with Gasteiger partial charge in [-0.2, -0.15) is 0 Å². The number of hydrogen-bond donors (Lipinski definition) is 0. The van der Waals surface area contributed by atoms with Gasteiger partial charge in [-0.25, -0.2) is 0 Å². The lowest BCUT2D eigenvalue weighted by Crippen LogP contribution is -2.40. The first-order valence-electron chi connectivity index (χ1n) is 13.1. The van der Waals surface area contributed by atoms with E-state index in [1.807, 2.05) is 54.6 Å². The number of nitrogens with zero attached hydrogens (tertiary/aromatic N) is 2. The van der Waals surface area contributed by atoms with E-state index in [1.165, 1.54) is 26.2 Å². The fourth-order valence-electron chi connectivity index (χ4n) is 4.73. The van der Waals surface area contributed by atoms with Gasteiger partial charge in [-0.1, -0.05) is 42.5 Å². The molecule has 0 N–H and O–H groups in total. The normalized spacial score (nSPS) is 15.4. The average Bonchev–Trinajstić information content (AvgIpc) is 3.16. The SMILES string of the molecule is COc1cccc(CO[C@H]2CN(CCc3ccccc3)C(=O)CN(C(=O)c3cc(OC)c(OC)c(OC)c3)C2)c1. The first kappa shape index (κ1) is 28.8. The van der Waals surface area contributed by atoms with Crippen molar-refractivity contribution >= 4 is 11.8 Å². The van der Waals surface area contributed by atoms with E-state index in [0.717, 1.165) is 16.9 Å². The Bertz CT molecular complexity index is 1270. The summed E-state index contributed by atoms with van der Waals surface area (Å²) >= 11 is 0. The number of carbonyl (C=O) groups excluding carboxylic acids is 2. The number of benzene rings is 3. The molecule has 212 valence electrons. The summed E-state index contributed by atoms with van der Waals surface area (Å²) in [5.41, 5.74) is 2.40. The van der Waals surface area contributed by atoms with Crippen molar-refractivity contribution in [2.75, 3.05) is 54.6 Å². The van der Waals surface area contributed by atoms with Gasteiger partial charge in [0.15, 0.2) is 11.5 Å². The van der Waals surface area contributed by atoms with Crippen molar-refractivity contribution in [1.82, 2.24) is 9.80 Å². The zero-order valence-corrected chi connectivity index (χ0v) is 23.4. The highest BCUT2D eigenvalue weighted by molar-refractivity contribution is 5.98. The van der Waals surface area contributed by atoms with Gasteiger partial charge in [-0.15, -0.1) is 0 Å². The average molecular weight is 549 g/mol. The van der Waals surface area contributed by atoms with Crippen molar-refractivity contribution in [3.8, 4) is 23.0 Å². The van der Waals surface area contributed by atoms with Gasteiger partial charge in [-0.3, -0.25) is 9.59 Å². The molecule has 3 aromatic rings. The first-order valence-corrected chi connectivity index (χ1v) is 13.1. The summed E-state index contributed by atoms with van der Waals surface area (Å²) in [6, 6.07) is 20.8. The summed E-state index contributed by atoms with van der Waals surface area (Å²) in [5.74, 6) is 1.39. The van der Waals surface area contributed by atoms with E-state index in [-0.39, 0.29) is 24.9 Å². The maximum Gasteiger partial charge on any atom is 0.254 e. The van der Waals surface area contributed by atoms with E-state index >= 15 is 0 Å². The number of hydrogen-bond acceptors (Lipinski definition) is 7. The Morgan fingerprint density at radius 2 is 1.52 bits per heavy atom. The summed E-state index contributed by atoms with van der Waals surface area (Å²) in [7, 11) is 6.11. The highest BCUT2D eigenvalue weighted by Gasteiger charge is 2.32. The third-order valence-electron chi connectivity index (χ3n) is 6.86. The van der Waals surface area contributed by atoms with Crippen LogP contribution in [0.5, 0.6) is 23.0 Å². The van der Waals surface area contributed by atoms with Crippen molar-refractivity contribution in [1.29, 1.82) is 0 Å². The molecule has 0 unspecified atom stereocenters. The highest BCUT2D eigenvalue weighted by atomic mass is 16.5. The third kappa shape index (κ3) is 7.04. The Hall–Kier alpha value is -4.24. The molecule has 0 aliphatic carbocycles. The van der Waals surface area contributed by atoms with Crippen LogP contribution in [0.25, 0.3) is 0 Å². The lowest BCUT2D eigenvalue weighted by atomic mass is 10.1. The van der Waals surface area contributed by atoms with Crippen molar-refractivity contribution in [2.24, 2.45) is 0 Å². The second kappa shape index (κ2) is 13.7. The van der Waals surface area contributed by atoms with E-state index in [1.54, 1.807) is 24.1 Å². The number of rotatable bonds is 11. The molecule has 0 saturated carbocycles. The summed E-state index contributed by atoms with van der Waals surface area (Å²) in [6.45, 7) is 1.38. The fraction of sp³-hybridized carbons (Fsp3) is 0.355. The zero-order valence-electron chi connectivity index (χ0n) is 23.4. The van der Waals surface area contributed by atoms with E-state index in [4.69, 9.17) is 23.7 Å². The Kier molecular flexibility index (Phi) is 9.86. The molecule has 0 bridgehead atoms. The van der Waals surface area contributed by atoms with Gasteiger partial charge in [0, 0.05) is 25.2 Å². The van der Waals surface area contributed by atoms with Crippen LogP contribution in [0.1, 0.15) is 21.5 Å². The quantitative estimate of drug-likeness (QED) is 0.360. The summed E-state index contributed by atoms with van der Waals surface area (Å²) in [6.07, 6.45) is 0.301. The van der Waals surface area contributed by atoms with Crippen molar-refractivity contribution in [2.45, 2.75) is 19.1 Å². The fourth-order valence-corrected chi connectivity index (χ4v) is 4.73. The van der Waals surface area contributed by atoms with Gasteiger partial charge in [0.2, 0.25) is 11.7 Å². The molecule has 2 amide bonds. The largest absolute Gasteiger partial charge is 0.497 e. The van der Waals surface area contributed by atoms with E-state index < -0.39 is 6.10 Å². The molecule has 3 aromatic carbocycles. The molecule has 9 heteroatoms. The Morgan fingerprint density at radius 3 is 2.17 bits per heavy atom. The molecular formula is C31H36N2O7. The van der Waals surface area contributed by atoms with Crippen LogP contribution in [0.3, 0.4) is 0 Å². The van der Waals surface area contributed by atoms with Crippen LogP contribution in [0.15, 0.2) is 66.7 Å². The van der Waals surface area contributed by atoms with Gasteiger partial charge < -0.3 is 33.5 Å². The molecule has 1 fully saturated rings. The lowest BCUT2D eigenvalue weighted by Gasteiger charge is -2.25. The summed E-state index contributed by atoms with van der Waals surface area (Å²) in [4.78, 5) is 30.5. The van der Waals surface area contributed by atoms with Crippen molar-refractivity contribution in [3.05, 3.63) is 83.4 Å². The summed E-state index contributed by atoms with van der Waals surface area (Å²) < 4.78 is 27.9. The standard InChI is InChI=1S/C31H36N2O7/c1-36-25-12-8-11-23(15-25)21-40-26-18-32(14-13-22-9-6-5-7-10-22)29(34)20-33(19-26)31(35)24-16-27(37-2)30(39-4)28(17-24)38-3/h5-12,15-17,26H,13-14,18-21H2,1-4H3/t26-/m0/s1. The molecule has 0 spiro atoms. The second-order valence-electron chi connectivity index (χ2n) is 9.46. The van der Waals surface area contributed by atoms with E-state index in [2.05, 4.69) is 0 Å². The minimum Gasteiger partial charge on any atom is -0.497 e. The van der Waals surface area contributed by atoms with Crippen LogP contribution in [0.2, 0.25) is 0 Å². The Balaban J connectivity index is 1.57. The number of methoxy groups -OCH3 is 4. The van der Waals surface area contributed by atoms with Crippen LogP contribution in [0.4, 0.5) is 0 Å². The molecule has 1 aliphatic rings. The van der Waals surface area contributed by atoms with E-state index in [9.17, 15) is 9.59 Å². The van der Waals surface area contributed by atoms with Gasteiger partial charge in [0.05, 0.1) is 41.2 Å². The van der Waals surface area contributed by atoms with Gasteiger partial charge in [-0.05, 0) is 41.8 Å². The van der Waals surface area contributed by atoms with Gasteiger partial charge in [0.1, 0.15) is 12.3 Å². The Labute approximate surface area is 235 Å². The predicted molar refractivity (Wildman–Crippen MR) is 150 cm³/mol. The highest BCUT2D eigenvalue weighted by Crippen LogP contribution is 2.38. The van der Waals surface area contributed by atoms with Crippen LogP contribution < -0.4 is 18.9 Å². The topological polar surface area (TPSA) is 86.8 Å². The zero-order chi connectivity index (χ0) is 28.5. The molecule has 1 atom stereocenters. The molecule has 1 aliphatic heterocycles. The molecular weight excluding hydrogens is 512 g/mol. The maximum atomic E-state index is 13.8. The lowest BCUT2D eigenvalue weighted by molar-refractivity contribution is -0.131. The van der Waals surface area contributed by atoms with Crippen molar-refractivity contribution in [3.63, 3.8) is 0 Å². The van der Waals surface area contributed by atoms with Gasteiger partial charge in [0.25, 0.3) is 5.91 Å². The van der Waals surface area contributed by atoms with Crippen LogP contribution >= 0.6 is 0 Å². The maximum absolute atomic E-state index is 13.8. The minimum absolute atomic E-state index is 0.0662. The van der Waals surface area contributed by atoms with Crippen LogP contribution in [-0.4, -0.2) is 82.3 Å². The molecule has 9 nitrogen and oxygen atoms in total. The molecule has 1 heterocycles. The first-order chi connectivity index (χ1) is 19.4. The third-order valence-corrected chi connectivity index (χ3v) is 6.86. The monoisotopic (exact) mass is 548 g/mol. The minimum atomic E-state index is -0.403. The smallest absolute Gasteiger partial charge is 0.254 e.